The summed E-state index contributed by atoms with van der Waals surface area (Å²) in [6.45, 7) is 1.69. The van der Waals surface area contributed by atoms with E-state index in [2.05, 4.69) is 10.3 Å². The minimum atomic E-state index is -1.11. The molecular weight excluding hydrogens is 376 g/mol. The molecule has 2 aromatic rings. The zero-order valence-corrected chi connectivity index (χ0v) is 16.0. The average Bonchev–Trinajstić information content (AvgIpc) is 3.13. The number of halogens is 2. The number of amides is 1. The number of hydrogen-bond donors (Lipinski definition) is 1. The minimum Gasteiger partial charge on any atom is -0.382 e. The number of benzene rings is 1. The Morgan fingerprint density at radius 1 is 1.28 bits per heavy atom. The van der Waals surface area contributed by atoms with Crippen LogP contribution in [0.1, 0.15) is 19.3 Å². The molecule has 8 heteroatoms. The number of nitrogens with one attached hydrogen (secondary N) is 1. The molecule has 2 aliphatic heterocycles. The highest BCUT2D eigenvalue weighted by Crippen LogP contribution is 2.27. The second kappa shape index (κ2) is 8.29. The van der Waals surface area contributed by atoms with Crippen LogP contribution in [-0.2, 0) is 4.79 Å². The number of piperidine rings is 1. The molecule has 0 unspecified atom stereocenters. The summed E-state index contributed by atoms with van der Waals surface area (Å²) in [7, 11) is 0. The lowest BCUT2D eigenvalue weighted by Gasteiger charge is -2.33. The number of pyridine rings is 1. The van der Waals surface area contributed by atoms with Crippen LogP contribution in [0, 0.1) is 17.1 Å². The molecule has 0 spiro atoms. The Morgan fingerprint density at radius 3 is 2.83 bits per heavy atom. The summed E-state index contributed by atoms with van der Waals surface area (Å²) in [6, 6.07) is 6.58. The Hall–Kier alpha value is -2.79. The standard InChI is InChI=1S/C21H23F2N5O/c22-14-9-16(10-24)28(12-14)21(29)13-27-7-4-15(5-8-27)26-20-2-1-19(23)18-11-25-6-3-17(18)20/h1-3,6,11,14-16,26H,4-5,7-9,12-13H2/t14-,16-/m0/s1. The van der Waals surface area contributed by atoms with Gasteiger partial charge in [0.15, 0.2) is 0 Å². The molecule has 1 amide bonds. The van der Waals surface area contributed by atoms with Crippen LogP contribution in [0.25, 0.3) is 10.8 Å². The van der Waals surface area contributed by atoms with Crippen molar-refractivity contribution in [3.8, 4) is 6.07 Å². The van der Waals surface area contributed by atoms with Crippen LogP contribution in [0.3, 0.4) is 0 Å². The molecule has 1 aromatic carbocycles. The average molecular weight is 399 g/mol. The third-order valence-corrected chi connectivity index (χ3v) is 5.79. The van der Waals surface area contributed by atoms with Gasteiger partial charge in [-0.05, 0) is 31.0 Å². The van der Waals surface area contributed by atoms with Crippen LogP contribution in [0.15, 0.2) is 30.6 Å². The third kappa shape index (κ3) is 4.15. The van der Waals surface area contributed by atoms with Gasteiger partial charge in [0.25, 0.3) is 0 Å². The van der Waals surface area contributed by atoms with Gasteiger partial charge >= 0.3 is 0 Å². The van der Waals surface area contributed by atoms with Crippen LogP contribution >= 0.6 is 0 Å². The molecule has 2 atom stereocenters. The van der Waals surface area contributed by atoms with E-state index in [1.807, 2.05) is 11.0 Å². The minimum absolute atomic E-state index is 0.0155. The topological polar surface area (TPSA) is 72.3 Å². The van der Waals surface area contributed by atoms with Crippen molar-refractivity contribution < 1.29 is 13.6 Å². The number of anilines is 1. The highest BCUT2D eigenvalue weighted by molar-refractivity contribution is 5.93. The van der Waals surface area contributed by atoms with Gasteiger partial charge in [0, 0.05) is 54.4 Å². The van der Waals surface area contributed by atoms with Crippen molar-refractivity contribution in [2.45, 2.75) is 37.5 Å². The molecule has 0 saturated carbocycles. The predicted molar refractivity (Wildman–Crippen MR) is 105 cm³/mol. The van der Waals surface area contributed by atoms with Crippen LogP contribution < -0.4 is 5.32 Å². The summed E-state index contributed by atoms with van der Waals surface area (Å²) in [5.41, 5.74) is 0.876. The first-order valence-electron chi connectivity index (χ1n) is 9.89. The van der Waals surface area contributed by atoms with E-state index < -0.39 is 12.2 Å². The van der Waals surface area contributed by atoms with E-state index in [9.17, 15) is 13.6 Å². The molecular formula is C21H23F2N5O. The SMILES string of the molecule is N#C[C@@H]1C[C@H](F)CN1C(=O)CN1CCC(Nc2ccc(F)c3cnccc23)CC1. The molecule has 4 rings (SSSR count). The van der Waals surface area contributed by atoms with Crippen LogP contribution in [0.5, 0.6) is 0 Å². The van der Waals surface area contributed by atoms with Crippen molar-refractivity contribution in [2.75, 3.05) is 31.5 Å². The van der Waals surface area contributed by atoms with Crippen molar-refractivity contribution in [3.05, 3.63) is 36.4 Å². The summed E-state index contributed by atoms with van der Waals surface area (Å²) in [6.07, 6.45) is 3.85. The number of nitriles is 1. The number of carbonyl (C=O) groups excluding carboxylic acids is 1. The number of aromatic nitrogens is 1. The summed E-state index contributed by atoms with van der Waals surface area (Å²) in [5.74, 6) is -0.472. The van der Waals surface area contributed by atoms with E-state index in [4.69, 9.17) is 5.26 Å². The van der Waals surface area contributed by atoms with Gasteiger partial charge in [-0.3, -0.25) is 14.7 Å². The first-order chi connectivity index (χ1) is 14.0. The molecule has 2 fully saturated rings. The lowest BCUT2D eigenvalue weighted by Crippen LogP contribution is -2.46. The molecule has 1 N–H and O–H groups in total. The summed E-state index contributed by atoms with van der Waals surface area (Å²) in [5, 5.41) is 13.9. The molecule has 0 bridgehead atoms. The lowest BCUT2D eigenvalue weighted by molar-refractivity contribution is -0.132. The maximum absolute atomic E-state index is 14.0. The normalized spacial score (nSPS) is 23.3. The van der Waals surface area contributed by atoms with Gasteiger partial charge < -0.3 is 10.2 Å². The van der Waals surface area contributed by atoms with Crippen LogP contribution in [0.4, 0.5) is 14.5 Å². The fourth-order valence-corrected chi connectivity index (χ4v) is 4.20. The highest BCUT2D eigenvalue weighted by Gasteiger charge is 2.36. The molecule has 3 heterocycles. The third-order valence-electron chi connectivity index (χ3n) is 5.79. The van der Waals surface area contributed by atoms with E-state index in [1.165, 1.54) is 17.2 Å². The van der Waals surface area contributed by atoms with Gasteiger partial charge in [-0.25, -0.2) is 8.78 Å². The van der Waals surface area contributed by atoms with E-state index in [1.54, 1.807) is 18.3 Å². The van der Waals surface area contributed by atoms with Crippen LogP contribution in [0.2, 0.25) is 0 Å². The van der Waals surface area contributed by atoms with Gasteiger partial charge in [0.1, 0.15) is 18.0 Å². The van der Waals surface area contributed by atoms with Gasteiger partial charge in [0.2, 0.25) is 5.91 Å². The Labute approximate surface area is 168 Å². The van der Waals surface area contributed by atoms with Crippen molar-refractivity contribution in [1.29, 1.82) is 5.26 Å². The Balaban J connectivity index is 1.33. The van der Waals surface area contributed by atoms with E-state index >= 15 is 0 Å². The number of hydrogen-bond acceptors (Lipinski definition) is 5. The molecule has 6 nitrogen and oxygen atoms in total. The van der Waals surface area contributed by atoms with Crippen molar-refractivity contribution in [2.24, 2.45) is 0 Å². The number of nitrogens with zero attached hydrogens (tertiary/aromatic N) is 4. The quantitative estimate of drug-likeness (QED) is 0.856. The maximum atomic E-state index is 14.0. The van der Waals surface area contributed by atoms with E-state index in [-0.39, 0.29) is 37.3 Å². The summed E-state index contributed by atoms with van der Waals surface area (Å²) >= 11 is 0. The van der Waals surface area contributed by atoms with Gasteiger partial charge in [-0.1, -0.05) is 0 Å². The number of carbonyl (C=O) groups is 1. The smallest absolute Gasteiger partial charge is 0.237 e. The Bertz CT molecular complexity index is 938. The fraction of sp³-hybridized carbons (Fsp3) is 0.476. The molecule has 2 aliphatic rings. The molecule has 29 heavy (non-hydrogen) atoms. The molecule has 1 aromatic heterocycles. The Morgan fingerprint density at radius 2 is 2.07 bits per heavy atom. The van der Waals surface area contributed by atoms with Gasteiger partial charge in [-0.2, -0.15) is 5.26 Å². The number of rotatable bonds is 4. The van der Waals surface area contributed by atoms with Crippen molar-refractivity contribution in [1.82, 2.24) is 14.8 Å². The monoisotopic (exact) mass is 399 g/mol. The number of fused-ring (bicyclic) bond motifs is 1. The first-order valence-corrected chi connectivity index (χ1v) is 9.89. The fourth-order valence-electron chi connectivity index (χ4n) is 4.20. The molecule has 2 saturated heterocycles. The number of alkyl halides is 1. The number of likely N-dealkylation sites (tertiary alicyclic amines) is 2. The zero-order chi connectivity index (χ0) is 20.4. The predicted octanol–water partition coefficient (Wildman–Crippen LogP) is 2.71. The van der Waals surface area contributed by atoms with Gasteiger partial charge in [-0.15, -0.1) is 0 Å². The molecule has 0 aliphatic carbocycles. The zero-order valence-electron chi connectivity index (χ0n) is 16.0. The molecule has 0 radical (unpaired) electrons. The van der Waals surface area contributed by atoms with Crippen molar-refractivity contribution in [3.63, 3.8) is 0 Å². The van der Waals surface area contributed by atoms with E-state index in [0.717, 1.165) is 37.0 Å². The summed E-state index contributed by atoms with van der Waals surface area (Å²) < 4.78 is 27.5. The maximum Gasteiger partial charge on any atom is 0.237 e. The second-order valence-corrected chi connectivity index (χ2v) is 7.73. The summed E-state index contributed by atoms with van der Waals surface area (Å²) in [4.78, 5) is 19.9. The molecule has 152 valence electrons. The second-order valence-electron chi connectivity index (χ2n) is 7.73. The Kier molecular flexibility index (Phi) is 5.58. The van der Waals surface area contributed by atoms with Crippen LogP contribution in [-0.4, -0.2) is 65.1 Å². The lowest BCUT2D eigenvalue weighted by atomic mass is 10.0. The van der Waals surface area contributed by atoms with Gasteiger partial charge in [0.05, 0.1) is 19.2 Å². The van der Waals surface area contributed by atoms with Crippen molar-refractivity contribution >= 4 is 22.4 Å². The highest BCUT2D eigenvalue weighted by atomic mass is 19.1. The first kappa shape index (κ1) is 19.5. The largest absolute Gasteiger partial charge is 0.382 e. The van der Waals surface area contributed by atoms with E-state index in [0.29, 0.717) is 5.39 Å².